The number of aromatic amines is 1. The minimum absolute atomic E-state index is 0.0702. The molecule has 0 unspecified atom stereocenters. The van der Waals surface area contributed by atoms with Crippen LogP contribution in [0.25, 0.3) is 0 Å². The summed E-state index contributed by atoms with van der Waals surface area (Å²) in [6.45, 7) is 0.433. The molecule has 1 saturated heterocycles. The first kappa shape index (κ1) is 13.3. The van der Waals surface area contributed by atoms with E-state index >= 15 is 0 Å². The Morgan fingerprint density at radius 3 is 2.95 bits per heavy atom. The van der Waals surface area contributed by atoms with E-state index in [4.69, 9.17) is 0 Å². The number of H-pyrrole nitrogens is 1. The average molecular weight is 295 g/mol. The molecule has 0 saturated carbocycles. The highest BCUT2D eigenvalue weighted by Crippen LogP contribution is 2.36. The summed E-state index contributed by atoms with van der Waals surface area (Å²) in [5, 5.41) is 0.0702. The zero-order valence-corrected chi connectivity index (χ0v) is 11.5. The van der Waals surface area contributed by atoms with Crippen LogP contribution in [0.2, 0.25) is 0 Å². The lowest BCUT2D eigenvalue weighted by Crippen LogP contribution is -2.31. The second kappa shape index (κ2) is 4.99. The Balaban J connectivity index is 1.98. The minimum Gasteiger partial charge on any atom is -0.335 e. The summed E-state index contributed by atoms with van der Waals surface area (Å²) < 4.78 is 39.8. The van der Waals surface area contributed by atoms with Crippen LogP contribution in [0.5, 0.6) is 0 Å². The fourth-order valence-electron chi connectivity index (χ4n) is 2.59. The third kappa shape index (κ3) is 2.23. The zero-order chi connectivity index (χ0) is 14.2. The SMILES string of the molecule is O=S(=O)(c1cnc[nH]1)N1CCC[C@@H]1c1cccc(F)c1. The number of benzene rings is 1. The summed E-state index contributed by atoms with van der Waals surface area (Å²) >= 11 is 0. The number of hydrogen-bond donors (Lipinski definition) is 1. The van der Waals surface area contributed by atoms with Crippen molar-refractivity contribution in [2.24, 2.45) is 0 Å². The number of halogens is 1. The second-order valence-electron chi connectivity index (χ2n) is 4.74. The minimum atomic E-state index is -3.61. The molecule has 0 spiro atoms. The van der Waals surface area contributed by atoms with Gasteiger partial charge < -0.3 is 4.98 Å². The fourth-order valence-corrected chi connectivity index (χ4v) is 4.17. The van der Waals surface area contributed by atoms with E-state index in [0.29, 0.717) is 18.5 Å². The van der Waals surface area contributed by atoms with Crippen LogP contribution in [0.1, 0.15) is 24.4 Å². The largest absolute Gasteiger partial charge is 0.335 e. The highest BCUT2D eigenvalue weighted by atomic mass is 32.2. The van der Waals surface area contributed by atoms with Crippen molar-refractivity contribution in [3.8, 4) is 0 Å². The van der Waals surface area contributed by atoms with Crippen molar-refractivity contribution >= 4 is 10.0 Å². The first-order valence-electron chi connectivity index (χ1n) is 6.35. The van der Waals surface area contributed by atoms with Gasteiger partial charge in [-0.25, -0.2) is 17.8 Å². The van der Waals surface area contributed by atoms with Crippen molar-refractivity contribution < 1.29 is 12.8 Å². The van der Waals surface area contributed by atoms with Crippen molar-refractivity contribution in [1.82, 2.24) is 14.3 Å². The summed E-state index contributed by atoms with van der Waals surface area (Å²) in [5.74, 6) is -0.353. The standard InChI is InChI=1S/C13H14FN3O2S/c14-11-4-1-3-10(7-11)12-5-2-6-17(12)20(18,19)13-8-15-9-16-13/h1,3-4,7-9,12H,2,5-6H2,(H,15,16)/t12-/m1/s1. The van der Waals surface area contributed by atoms with Gasteiger partial charge in [-0.1, -0.05) is 12.1 Å². The monoisotopic (exact) mass is 295 g/mol. The maximum atomic E-state index is 13.3. The van der Waals surface area contributed by atoms with Crippen LogP contribution in [-0.4, -0.2) is 29.2 Å². The van der Waals surface area contributed by atoms with E-state index < -0.39 is 10.0 Å². The van der Waals surface area contributed by atoms with Crippen LogP contribution in [0, 0.1) is 5.82 Å². The quantitative estimate of drug-likeness (QED) is 0.942. The maximum Gasteiger partial charge on any atom is 0.260 e. The molecule has 0 amide bonds. The molecule has 1 aromatic heterocycles. The molecule has 5 nitrogen and oxygen atoms in total. The number of nitrogens with one attached hydrogen (secondary N) is 1. The highest BCUT2D eigenvalue weighted by molar-refractivity contribution is 7.89. The summed E-state index contributed by atoms with van der Waals surface area (Å²) in [6, 6.07) is 5.79. The predicted octanol–water partition coefficient (Wildman–Crippen LogP) is 2.07. The van der Waals surface area contributed by atoms with Crippen LogP contribution < -0.4 is 0 Å². The molecular formula is C13H14FN3O2S. The van der Waals surface area contributed by atoms with Gasteiger partial charge in [-0.05, 0) is 30.5 Å². The van der Waals surface area contributed by atoms with Gasteiger partial charge in [0.2, 0.25) is 0 Å². The molecule has 1 aromatic carbocycles. The van der Waals surface area contributed by atoms with E-state index in [2.05, 4.69) is 9.97 Å². The summed E-state index contributed by atoms with van der Waals surface area (Å²) in [4.78, 5) is 6.37. The molecule has 0 aliphatic carbocycles. The van der Waals surface area contributed by atoms with Crippen molar-refractivity contribution in [2.75, 3.05) is 6.54 Å². The van der Waals surface area contributed by atoms with Gasteiger partial charge >= 0.3 is 0 Å². The number of sulfonamides is 1. The molecule has 3 rings (SSSR count). The average Bonchev–Trinajstić information content (AvgIpc) is 3.11. The lowest BCUT2D eigenvalue weighted by molar-refractivity contribution is 0.394. The van der Waals surface area contributed by atoms with Crippen LogP contribution in [-0.2, 0) is 10.0 Å². The van der Waals surface area contributed by atoms with Gasteiger partial charge in [-0.15, -0.1) is 0 Å². The number of aromatic nitrogens is 2. The van der Waals surface area contributed by atoms with E-state index in [1.54, 1.807) is 12.1 Å². The number of nitrogens with zero attached hydrogens (tertiary/aromatic N) is 2. The number of rotatable bonds is 3. The van der Waals surface area contributed by atoms with E-state index in [1.807, 2.05) is 0 Å². The molecule has 2 aromatic rings. The molecule has 1 fully saturated rings. The summed E-state index contributed by atoms with van der Waals surface area (Å²) in [7, 11) is -3.61. The Hall–Kier alpha value is -1.73. The maximum absolute atomic E-state index is 13.3. The van der Waals surface area contributed by atoms with Crippen LogP contribution >= 0.6 is 0 Å². The van der Waals surface area contributed by atoms with Gasteiger partial charge in [-0.2, -0.15) is 4.31 Å². The lowest BCUT2D eigenvalue weighted by Gasteiger charge is -2.23. The molecule has 1 aliphatic rings. The molecule has 20 heavy (non-hydrogen) atoms. The Labute approximate surface area is 116 Å². The molecular weight excluding hydrogens is 281 g/mol. The highest BCUT2D eigenvalue weighted by Gasteiger charge is 2.36. The summed E-state index contributed by atoms with van der Waals surface area (Å²) in [6.07, 6.45) is 4.07. The Morgan fingerprint density at radius 2 is 2.25 bits per heavy atom. The Kier molecular flexibility index (Phi) is 3.31. The van der Waals surface area contributed by atoms with Gasteiger partial charge in [0, 0.05) is 6.54 Å². The molecule has 7 heteroatoms. The Morgan fingerprint density at radius 1 is 1.40 bits per heavy atom. The predicted molar refractivity (Wildman–Crippen MR) is 70.9 cm³/mol. The first-order valence-corrected chi connectivity index (χ1v) is 7.79. The van der Waals surface area contributed by atoms with Gasteiger partial charge in [0.15, 0.2) is 5.03 Å². The van der Waals surface area contributed by atoms with Gasteiger partial charge in [0.05, 0.1) is 18.6 Å². The molecule has 2 heterocycles. The van der Waals surface area contributed by atoms with E-state index in [1.165, 1.54) is 29.0 Å². The second-order valence-corrected chi connectivity index (χ2v) is 6.60. The fraction of sp³-hybridized carbons (Fsp3) is 0.308. The molecule has 0 bridgehead atoms. The molecule has 1 atom stereocenters. The number of hydrogen-bond acceptors (Lipinski definition) is 3. The molecule has 106 valence electrons. The van der Waals surface area contributed by atoms with Crippen molar-refractivity contribution in [3.63, 3.8) is 0 Å². The first-order chi connectivity index (χ1) is 9.59. The normalized spacial score (nSPS) is 20.4. The van der Waals surface area contributed by atoms with Crippen LogP contribution in [0.3, 0.4) is 0 Å². The van der Waals surface area contributed by atoms with Crippen LogP contribution in [0.4, 0.5) is 4.39 Å². The zero-order valence-electron chi connectivity index (χ0n) is 10.7. The van der Waals surface area contributed by atoms with Crippen molar-refractivity contribution in [2.45, 2.75) is 23.9 Å². The van der Waals surface area contributed by atoms with Gasteiger partial charge in [0.1, 0.15) is 5.82 Å². The topological polar surface area (TPSA) is 66.1 Å². The van der Waals surface area contributed by atoms with Crippen LogP contribution in [0.15, 0.2) is 41.8 Å². The number of imidazole rings is 1. The Bertz CT molecular complexity index is 700. The third-order valence-electron chi connectivity index (χ3n) is 3.50. The van der Waals surface area contributed by atoms with E-state index in [9.17, 15) is 12.8 Å². The molecule has 1 aliphatic heterocycles. The molecule has 0 radical (unpaired) electrons. The lowest BCUT2D eigenvalue weighted by atomic mass is 10.1. The molecule has 1 N–H and O–H groups in total. The van der Waals surface area contributed by atoms with E-state index in [0.717, 1.165) is 6.42 Å². The van der Waals surface area contributed by atoms with Gasteiger partial charge in [-0.3, -0.25) is 0 Å². The third-order valence-corrected chi connectivity index (χ3v) is 5.33. The van der Waals surface area contributed by atoms with E-state index in [-0.39, 0.29) is 16.9 Å². The summed E-state index contributed by atoms with van der Waals surface area (Å²) in [5.41, 5.74) is 0.686. The smallest absolute Gasteiger partial charge is 0.260 e. The van der Waals surface area contributed by atoms with Crippen molar-refractivity contribution in [1.29, 1.82) is 0 Å². The van der Waals surface area contributed by atoms with Crippen molar-refractivity contribution in [3.05, 3.63) is 48.2 Å². The van der Waals surface area contributed by atoms with Gasteiger partial charge in [0.25, 0.3) is 10.0 Å².